The van der Waals surface area contributed by atoms with Gasteiger partial charge in [0.25, 0.3) is 0 Å². The lowest BCUT2D eigenvalue weighted by Gasteiger charge is -2.22. The quantitative estimate of drug-likeness (QED) is 0.0699. The van der Waals surface area contributed by atoms with E-state index in [1.807, 2.05) is 0 Å². The first kappa shape index (κ1) is 37.8. The van der Waals surface area contributed by atoms with E-state index in [-0.39, 0.29) is 12.5 Å². The molecule has 4 heteroatoms. The number of hydrogen-bond acceptors (Lipinski definition) is 3. The van der Waals surface area contributed by atoms with Gasteiger partial charge in [-0.05, 0) is 64.2 Å². The molecule has 0 aliphatic carbocycles. The topological polar surface area (TPSA) is 69.6 Å². The van der Waals surface area contributed by atoms with Crippen molar-refractivity contribution in [3.8, 4) is 0 Å². The first-order valence-corrected chi connectivity index (χ1v) is 16.1. The van der Waals surface area contributed by atoms with Crippen molar-refractivity contribution in [3.05, 3.63) is 72.9 Å². The summed E-state index contributed by atoms with van der Waals surface area (Å²) in [4.78, 5) is 12.2. The monoisotopic (exact) mass is 555 g/mol. The van der Waals surface area contributed by atoms with Crippen LogP contribution in [-0.2, 0) is 4.79 Å². The van der Waals surface area contributed by atoms with E-state index in [0.717, 1.165) is 70.6 Å². The Balaban J connectivity index is 3.75. The number of hydrogen-bond donors (Lipinski definition) is 3. The molecule has 0 radical (unpaired) electrons. The van der Waals surface area contributed by atoms with Crippen molar-refractivity contribution in [3.63, 3.8) is 0 Å². The normalized spacial score (nSPS) is 14.2. The second-order valence-corrected chi connectivity index (χ2v) is 10.5. The Morgan fingerprint density at radius 3 is 1.60 bits per heavy atom. The van der Waals surface area contributed by atoms with Crippen LogP contribution in [0.25, 0.3) is 0 Å². The standard InChI is InChI=1S/C36H61NO3/c1-3-5-7-9-11-12-13-14-15-16-17-18-19-20-21-22-23-24-26-28-30-32-36(40)37-34(33-38)35(39)31-29-27-25-10-8-6-4-2/h5,7,11-12,14-15,17-18,20-21,23-24,34-35,38-39H,3-4,6,8-10,13,16,19,22,25-33H2,1-2H3,(H,37,40)/b7-5-,12-11-,15-14-,18-17-,21-20-,24-23-. The van der Waals surface area contributed by atoms with Gasteiger partial charge in [0, 0.05) is 6.42 Å². The van der Waals surface area contributed by atoms with Crippen LogP contribution in [0.2, 0.25) is 0 Å². The van der Waals surface area contributed by atoms with Crippen molar-refractivity contribution < 1.29 is 15.0 Å². The van der Waals surface area contributed by atoms with E-state index in [9.17, 15) is 15.0 Å². The first-order valence-electron chi connectivity index (χ1n) is 16.1. The van der Waals surface area contributed by atoms with Crippen LogP contribution in [0.5, 0.6) is 0 Å². The van der Waals surface area contributed by atoms with Crippen LogP contribution in [0.3, 0.4) is 0 Å². The summed E-state index contributed by atoms with van der Waals surface area (Å²) >= 11 is 0. The van der Waals surface area contributed by atoms with Gasteiger partial charge in [0.1, 0.15) is 0 Å². The van der Waals surface area contributed by atoms with E-state index < -0.39 is 12.1 Å². The fourth-order valence-electron chi connectivity index (χ4n) is 4.24. The maximum atomic E-state index is 12.2. The molecule has 2 atom stereocenters. The molecule has 0 saturated heterocycles. The van der Waals surface area contributed by atoms with Crippen LogP contribution >= 0.6 is 0 Å². The molecule has 4 nitrogen and oxygen atoms in total. The highest BCUT2D eigenvalue weighted by Gasteiger charge is 2.19. The second kappa shape index (κ2) is 31.4. The molecule has 0 spiro atoms. The third-order valence-electron chi connectivity index (χ3n) is 6.73. The predicted molar refractivity (Wildman–Crippen MR) is 174 cm³/mol. The van der Waals surface area contributed by atoms with Gasteiger partial charge in [-0.3, -0.25) is 4.79 Å². The highest BCUT2D eigenvalue weighted by Crippen LogP contribution is 2.12. The molecular formula is C36H61NO3. The van der Waals surface area contributed by atoms with Gasteiger partial charge in [-0.1, -0.05) is 132 Å². The van der Waals surface area contributed by atoms with E-state index in [1.165, 1.54) is 32.1 Å². The van der Waals surface area contributed by atoms with Crippen molar-refractivity contribution in [2.75, 3.05) is 6.61 Å². The molecule has 40 heavy (non-hydrogen) atoms. The fourth-order valence-corrected chi connectivity index (χ4v) is 4.24. The van der Waals surface area contributed by atoms with Gasteiger partial charge in [0.2, 0.25) is 5.91 Å². The number of rotatable bonds is 27. The molecule has 1 amide bonds. The average Bonchev–Trinajstić information content (AvgIpc) is 2.96. The summed E-state index contributed by atoms with van der Waals surface area (Å²) < 4.78 is 0. The highest BCUT2D eigenvalue weighted by molar-refractivity contribution is 5.76. The van der Waals surface area contributed by atoms with Crippen LogP contribution in [-0.4, -0.2) is 34.9 Å². The summed E-state index contributed by atoms with van der Waals surface area (Å²) in [6.07, 6.45) is 43.9. The molecule has 0 saturated carbocycles. The number of amides is 1. The van der Waals surface area contributed by atoms with Gasteiger partial charge in [-0.2, -0.15) is 0 Å². The van der Waals surface area contributed by atoms with Gasteiger partial charge >= 0.3 is 0 Å². The number of aliphatic hydroxyl groups excluding tert-OH is 2. The Labute approximate surface area is 247 Å². The Morgan fingerprint density at radius 2 is 1.10 bits per heavy atom. The predicted octanol–water partition coefficient (Wildman–Crippen LogP) is 9.22. The number of unbranched alkanes of at least 4 members (excludes halogenated alkanes) is 8. The van der Waals surface area contributed by atoms with Crippen LogP contribution in [0.15, 0.2) is 72.9 Å². The van der Waals surface area contributed by atoms with Crippen LogP contribution in [0.4, 0.5) is 0 Å². The van der Waals surface area contributed by atoms with Crippen molar-refractivity contribution in [1.82, 2.24) is 5.32 Å². The number of aliphatic hydroxyl groups is 2. The lowest BCUT2D eigenvalue weighted by atomic mass is 10.0. The van der Waals surface area contributed by atoms with Gasteiger partial charge in [-0.15, -0.1) is 0 Å². The Bertz CT molecular complexity index is 732. The third-order valence-corrected chi connectivity index (χ3v) is 6.73. The van der Waals surface area contributed by atoms with Gasteiger partial charge in [-0.25, -0.2) is 0 Å². The lowest BCUT2D eigenvalue weighted by Crippen LogP contribution is -2.45. The minimum Gasteiger partial charge on any atom is -0.394 e. The van der Waals surface area contributed by atoms with Gasteiger partial charge in [0.15, 0.2) is 0 Å². The average molecular weight is 556 g/mol. The third kappa shape index (κ3) is 27.4. The van der Waals surface area contributed by atoms with Crippen molar-refractivity contribution >= 4 is 5.91 Å². The summed E-state index contributed by atoms with van der Waals surface area (Å²) in [5, 5.41) is 22.8. The molecule has 0 aliphatic rings. The van der Waals surface area contributed by atoms with E-state index >= 15 is 0 Å². The van der Waals surface area contributed by atoms with Crippen LogP contribution in [0.1, 0.15) is 129 Å². The molecule has 0 aromatic heterocycles. The molecule has 0 rings (SSSR count). The maximum Gasteiger partial charge on any atom is 0.220 e. The van der Waals surface area contributed by atoms with E-state index in [0.29, 0.717) is 12.8 Å². The minimum absolute atomic E-state index is 0.0829. The molecule has 0 aromatic rings. The summed E-state index contributed by atoms with van der Waals surface area (Å²) in [7, 11) is 0. The van der Waals surface area contributed by atoms with Crippen molar-refractivity contribution in [2.45, 2.75) is 142 Å². The summed E-state index contributed by atoms with van der Waals surface area (Å²) in [6.45, 7) is 4.15. The van der Waals surface area contributed by atoms with E-state index in [1.54, 1.807) is 0 Å². The maximum absolute atomic E-state index is 12.2. The van der Waals surface area contributed by atoms with E-state index in [4.69, 9.17) is 0 Å². The van der Waals surface area contributed by atoms with Gasteiger partial charge in [0.05, 0.1) is 18.8 Å². The number of nitrogens with one attached hydrogen (secondary N) is 1. The van der Waals surface area contributed by atoms with Crippen LogP contribution < -0.4 is 5.32 Å². The summed E-state index contributed by atoms with van der Waals surface area (Å²) in [6, 6.07) is -0.559. The first-order chi connectivity index (χ1) is 19.7. The van der Waals surface area contributed by atoms with Gasteiger partial charge < -0.3 is 15.5 Å². The molecule has 0 aromatic carbocycles. The molecular weight excluding hydrogens is 494 g/mol. The number of carbonyl (C=O) groups excluding carboxylic acids is 1. The lowest BCUT2D eigenvalue weighted by molar-refractivity contribution is -0.123. The fraction of sp³-hybridized carbons (Fsp3) is 0.639. The van der Waals surface area contributed by atoms with Crippen molar-refractivity contribution in [1.29, 1.82) is 0 Å². The van der Waals surface area contributed by atoms with Crippen molar-refractivity contribution in [2.24, 2.45) is 0 Å². The molecule has 3 N–H and O–H groups in total. The highest BCUT2D eigenvalue weighted by atomic mass is 16.3. The summed E-state index contributed by atoms with van der Waals surface area (Å²) in [5.41, 5.74) is 0. The SMILES string of the molecule is CC/C=C\C/C=C\C/C=C\C/C=C\C/C=C\C/C=C\CCCCC(=O)NC(CO)C(O)CCCCCCCCC. The molecule has 0 bridgehead atoms. The Kier molecular flexibility index (Phi) is 29.7. The van der Waals surface area contributed by atoms with Crippen LogP contribution in [0, 0.1) is 0 Å². The second-order valence-electron chi connectivity index (χ2n) is 10.5. The molecule has 0 fully saturated rings. The molecule has 2 unspecified atom stereocenters. The zero-order chi connectivity index (χ0) is 29.4. The largest absolute Gasteiger partial charge is 0.394 e. The molecule has 0 heterocycles. The molecule has 0 aliphatic heterocycles. The van der Waals surface area contributed by atoms with E-state index in [2.05, 4.69) is 92.1 Å². The zero-order valence-corrected chi connectivity index (χ0v) is 25.8. The molecule has 228 valence electrons. The number of allylic oxidation sites excluding steroid dienone is 12. The smallest absolute Gasteiger partial charge is 0.220 e. The number of carbonyl (C=O) groups is 1. The Morgan fingerprint density at radius 1 is 0.625 bits per heavy atom. The zero-order valence-electron chi connectivity index (χ0n) is 25.8. The Hall–Kier alpha value is -2.17. The summed E-state index contributed by atoms with van der Waals surface area (Å²) in [5.74, 6) is -0.0829. The minimum atomic E-state index is -0.677.